The van der Waals surface area contributed by atoms with Gasteiger partial charge in [-0.1, -0.05) is 4.49 Å². The molecule has 0 aliphatic carbocycles. The molecular weight excluding hydrogens is 356 g/mol. The van der Waals surface area contributed by atoms with Crippen LogP contribution in [-0.4, -0.2) is 64.7 Å². The lowest BCUT2D eigenvalue weighted by Crippen LogP contribution is -2.39. The van der Waals surface area contributed by atoms with Crippen molar-refractivity contribution in [3.05, 3.63) is 32.5 Å². The molecule has 0 spiro atoms. The number of hydrogen-bond donors (Lipinski definition) is 0. The third kappa shape index (κ3) is 5.07. The van der Waals surface area contributed by atoms with E-state index in [1.807, 2.05) is 11.8 Å². The number of rotatable bonds is 7. The first-order valence-electron chi connectivity index (χ1n) is 8.57. The Bertz CT molecular complexity index is 694. The largest absolute Gasteiger partial charge is 0.379 e. The van der Waals surface area contributed by atoms with Crippen LogP contribution in [0.15, 0.2) is 12.1 Å². The van der Waals surface area contributed by atoms with Gasteiger partial charge in [-0.15, -0.1) is 16.4 Å². The molecule has 0 unspecified atom stereocenters. The molecule has 2 aromatic rings. The first-order valence-corrected chi connectivity index (χ1v) is 10.2. The summed E-state index contributed by atoms with van der Waals surface area (Å²) in [6, 6.07) is 4.22. The van der Waals surface area contributed by atoms with Crippen LogP contribution in [0.3, 0.4) is 0 Å². The second-order valence-corrected chi connectivity index (χ2v) is 8.36. The van der Waals surface area contributed by atoms with E-state index in [-0.39, 0.29) is 5.91 Å². The van der Waals surface area contributed by atoms with E-state index in [1.165, 1.54) is 21.3 Å². The van der Waals surface area contributed by atoms with Crippen LogP contribution in [0.5, 0.6) is 0 Å². The van der Waals surface area contributed by atoms with Crippen molar-refractivity contribution in [2.24, 2.45) is 0 Å². The number of carbonyl (C=O) groups excluding carboxylic acids is 1. The average Bonchev–Trinajstić information content (AvgIpc) is 3.22. The van der Waals surface area contributed by atoms with E-state index < -0.39 is 0 Å². The summed E-state index contributed by atoms with van der Waals surface area (Å²) < 4.78 is 9.31. The molecule has 1 amide bonds. The summed E-state index contributed by atoms with van der Waals surface area (Å²) in [5.41, 5.74) is 0.718. The highest BCUT2D eigenvalue weighted by Gasteiger charge is 2.21. The van der Waals surface area contributed by atoms with E-state index in [4.69, 9.17) is 4.74 Å². The quantitative estimate of drug-likeness (QED) is 0.739. The highest BCUT2D eigenvalue weighted by atomic mass is 32.1. The molecule has 3 rings (SSSR count). The van der Waals surface area contributed by atoms with Crippen LogP contribution in [0.4, 0.5) is 0 Å². The number of aryl methyl sites for hydroxylation is 2. The van der Waals surface area contributed by atoms with Crippen LogP contribution in [0.25, 0.3) is 0 Å². The maximum Gasteiger partial charge on any atom is 0.267 e. The van der Waals surface area contributed by atoms with Crippen LogP contribution in [0, 0.1) is 13.8 Å². The van der Waals surface area contributed by atoms with Crippen LogP contribution in [0.1, 0.15) is 31.5 Å². The van der Waals surface area contributed by atoms with Gasteiger partial charge in [-0.3, -0.25) is 9.69 Å². The van der Waals surface area contributed by atoms with E-state index in [1.54, 1.807) is 11.3 Å². The number of morpholine rings is 1. The minimum Gasteiger partial charge on any atom is -0.379 e. The van der Waals surface area contributed by atoms with Crippen LogP contribution < -0.4 is 0 Å². The molecule has 0 bridgehead atoms. The molecule has 0 N–H and O–H groups in total. The van der Waals surface area contributed by atoms with Crippen molar-refractivity contribution in [2.75, 3.05) is 39.4 Å². The fourth-order valence-corrected chi connectivity index (χ4v) is 4.42. The topological polar surface area (TPSA) is 58.6 Å². The van der Waals surface area contributed by atoms with Crippen molar-refractivity contribution in [3.63, 3.8) is 0 Å². The van der Waals surface area contributed by atoms with Gasteiger partial charge in [0.2, 0.25) is 0 Å². The van der Waals surface area contributed by atoms with Gasteiger partial charge in [0.05, 0.1) is 25.5 Å². The van der Waals surface area contributed by atoms with E-state index in [0.29, 0.717) is 11.4 Å². The zero-order valence-corrected chi connectivity index (χ0v) is 16.4. The number of nitrogens with zero attached hydrogens (tertiary/aromatic N) is 4. The molecular formula is C17H24N4O2S2. The van der Waals surface area contributed by atoms with Gasteiger partial charge in [0.1, 0.15) is 4.88 Å². The van der Waals surface area contributed by atoms with E-state index in [0.717, 1.165) is 51.5 Å². The summed E-state index contributed by atoms with van der Waals surface area (Å²) in [5.74, 6) is 0.0422. The Labute approximate surface area is 156 Å². The number of amides is 1. The van der Waals surface area contributed by atoms with Crippen molar-refractivity contribution in [3.8, 4) is 0 Å². The maximum absolute atomic E-state index is 12.9. The Balaban J connectivity index is 1.63. The van der Waals surface area contributed by atoms with Gasteiger partial charge in [0.15, 0.2) is 0 Å². The van der Waals surface area contributed by atoms with E-state index in [2.05, 4.69) is 33.5 Å². The number of thiophene rings is 1. The first kappa shape index (κ1) is 18.4. The van der Waals surface area contributed by atoms with Gasteiger partial charge in [-0.05, 0) is 43.9 Å². The molecule has 2 aromatic heterocycles. The van der Waals surface area contributed by atoms with Crippen molar-refractivity contribution in [2.45, 2.75) is 26.8 Å². The standard InChI is InChI=1S/C17H24N4O2S2/c1-13-4-5-15(24-13)12-21(17(22)16-14(2)18-19-25-16)7-3-6-20-8-10-23-11-9-20/h4-5H,3,6-12H2,1-2H3. The summed E-state index contributed by atoms with van der Waals surface area (Å²) in [5, 5.41) is 3.99. The predicted molar refractivity (Wildman–Crippen MR) is 100 cm³/mol. The van der Waals surface area contributed by atoms with Gasteiger partial charge in [-0.2, -0.15) is 0 Å². The van der Waals surface area contributed by atoms with Crippen LogP contribution in [0.2, 0.25) is 0 Å². The minimum atomic E-state index is 0.0422. The lowest BCUT2D eigenvalue weighted by molar-refractivity contribution is 0.0356. The van der Waals surface area contributed by atoms with Crippen LogP contribution >= 0.6 is 22.9 Å². The molecule has 0 saturated carbocycles. The molecule has 0 atom stereocenters. The number of aromatic nitrogens is 2. The Kier molecular flexibility index (Phi) is 6.52. The summed E-state index contributed by atoms with van der Waals surface area (Å²) in [6.07, 6.45) is 0.960. The number of carbonyl (C=O) groups is 1. The van der Waals surface area contributed by atoms with Crippen molar-refractivity contribution >= 4 is 28.8 Å². The Morgan fingerprint density at radius 3 is 2.76 bits per heavy atom. The molecule has 0 radical (unpaired) electrons. The molecule has 1 aliphatic rings. The highest BCUT2D eigenvalue weighted by Crippen LogP contribution is 2.20. The molecule has 6 nitrogen and oxygen atoms in total. The normalized spacial score (nSPS) is 15.4. The van der Waals surface area contributed by atoms with Crippen LogP contribution in [-0.2, 0) is 11.3 Å². The molecule has 1 fully saturated rings. The minimum absolute atomic E-state index is 0.0422. The first-order chi connectivity index (χ1) is 12.1. The van der Waals surface area contributed by atoms with E-state index >= 15 is 0 Å². The molecule has 136 valence electrons. The highest BCUT2D eigenvalue weighted by molar-refractivity contribution is 7.11. The van der Waals surface area contributed by atoms with Gasteiger partial charge in [0, 0.05) is 35.9 Å². The molecule has 1 saturated heterocycles. The third-order valence-electron chi connectivity index (χ3n) is 4.28. The van der Waals surface area contributed by atoms with Crippen molar-refractivity contribution in [1.29, 1.82) is 0 Å². The summed E-state index contributed by atoms with van der Waals surface area (Å²) in [6.45, 7) is 9.91. The lowest BCUT2D eigenvalue weighted by Gasteiger charge is -2.28. The summed E-state index contributed by atoms with van der Waals surface area (Å²) in [4.78, 5) is 20.4. The maximum atomic E-state index is 12.9. The second kappa shape index (κ2) is 8.84. The molecule has 1 aliphatic heterocycles. The Morgan fingerprint density at radius 2 is 2.12 bits per heavy atom. The summed E-state index contributed by atoms with van der Waals surface area (Å²) >= 11 is 2.94. The molecule has 0 aromatic carbocycles. The number of hydrogen-bond acceptors (Lipinski definition) is 7. The van der Waals surface area contributed by atoms with Gasteiger partial charge >= 0.3 is 0 Å². The Hall–Kier alpha value is -1.35. The molecule has 25 heavy (non-hydrogen) atoms. The Morgan fingerprint density at radius 1 is 1.32 bits per heavy atom. The zero-order valence-electron chi connectivity index (χ0n) is 14.7. The summed E-state index contributed by atoms with van der Waals surface area (Å²) in [7, 11) is 0. The van der Waals surface area contributed by atoms with Crippen molar-refractivity contribution in [1.82, 2.24) is 19.4 Å². The average molecular weight is 381 g/mol. The van der Waals surface area contributed by atoms with Gasteiger partial charge in [0.25, 0.3) is 5.91 Å². The molecule has 3 heterocycles. The second-order valence-electron chi connectivity index (χ2n) is 6.23. The van der Waals surface area contributed by atoms with E-state index in [9.17, 15) is 4.79 Å². The van der Waals surface area contributed by atoms with Gasteiger partial charge in [-0.25, -0.2) is 0 Å². The molecule has 8 heteroatoms. The van der Waals surface area contributed by atoms with Crippen molar-refractivity contribution < 1.29 is 9.53 Å². The monoisotopic (exact) mass is 380 g/mol. The fraction of sp³-hybridized carbons (Fsp3) is 0.588. The fourth-order valence-electron chi connectivity index (χ4n) is 2.89. The lowest BCUT2D eigenvalue weighted by atomic mass is 10.2. The predicted octanol–water partition coefficient (Wildman–Crippen LogP) is 2.58. The zero-order chi connectivity index (χ0) is 17.6. The smallest absolute Gasteiger partial charge is 0.267 e. The number of ether oxygens (including phenoxy) is 1. The SMILES string of the molecule is Cc1ccc(CN(CCCN2CCOCC2)C(=O)c2snnc2C)s1. The van der Waals surface area contributed by atoms with Gasteiger partial charge < -0.3 is 9.64 Å². The third-order valence-corrected chi connectivity index (χ3v) is 6.08.